The summed E-state index contributed by atoms with van der Waals surface area (Å²) < 4.78 is 36.7. The van der Waals surface area contributed by atoms with Crippen molar-refractivity contribution in [1.29, 1.82) is 0 Å². The molecule has 0 aromatic rings. The van der Waals surface area contributed by atoms with Gasteiger partial charge in [0.2, 0.25) is 0 Å². The normalized spacial score (nSPS) is 31.0. The Morgan fingerprint density at radius 1 is 1.40 bits per heavy atom. The number of hydrogen-bond acceptors (Lipinski definition) is 1. The molecule has 1 atom stereocenters. The minimum atomic E-state index is -4.92. The highest BCUT2D eigenvalue weighted by atomic mass is 32.3. The van der Waals surface area contributed by atoms with Crippen LogP contribution in [-0.2, 0) is 0 Å². The van der Waals surface area contributed by atoms with Gasteiger partial charge in [0.25, 0.3) is 11.4 Å². The van der Waals surface area contributed by atoms with Gasteiger partial charge in [-0.3, -0.25) is 0 Å². The molecular weight excluding hydrogens is 163 g/mol. The molecule has 1 heterocycles. The molecule has 1 aliphatic rings. The summed E-state index contributed by atoms with van der Waals surface area (Å²) in [5.41, 5.74) is 0. The van der Waals surface area contributed by atoms with Gasteiger partial charge in [0.05, 0.1) is 0 Å². The van der Waals surface area contributed by atoms with Gasteiger partial charge in [0.15, 0.2) is 0 Å². The third kappa shape index (κ3) is 1.58. The fourth-order valence-corrected chi connectivity index (χ4v) is 2.06. The van der Waals surface area contributed by atoms with Crippen molar-refractivity contribution >= 4 is 11.4 Å². The lowest BCUT2D eigenvalue weighted by Gasteiger charge is -2.25. The highest BCUT2D eigenvalue weighted by molar-refractivity contribution is 8.18. The van der Waals surface area contributed by atoms with E-state index in [2.05, 4.69) is 0 Å². The first-order valence-corrected chi connectivity index (χ1v) is 4.50. The average Bonchev–Trinajstić information content (AvgIpc) is 2.11. The zero-order chi connectivity index (χ0) is 7.78. The van der Waals surface area contributed by atoms with Crippen LogP contribution in [0.1, 0.15) is 19.8 Å². The molecule has 10 heavy (non-hydrogen) atoms. The Labute approximate surface area is 60.5 Å². The first-order valence-electron chi connectivity index (χ1n) is 3.21. The van der Waals surface area contributed by atoms with Crippen molar-refractivity contribution in [1.82, 2.24) is 4.31 Å². The molecule has 0 bridgehead atoms. The molecule has 1 rings (SSSR count). The molecule has 1 aliphatic heterocycles. The quantitative estimate of drug-likeness (QED) is 0.589. The fraction of sp³-hybridized carbons (Fsp3) is 1.00. The Kier molecular flexibility index (Phi) is 2.15. The predicted molar refractivity (Wildman–Crippen MR) is 36.3 cm³/mol. The molecule has 0 amide bonds. The molecule has 0 aliphatic carbocycles. The average molecular weight is 173 g/mol. The second-order valence-corrected chi connectivity index (χ2v) is 3.75. The van der Waals surface area contributed by atoms with Gasteiger partial charge in [-0.1, -0.05) is 0 Å². The molecule has 0 aromatic carbocycles. The molecule has 5 heteroatoms. The van der Waals surface area contributed by atoms with Crippen LogP contribution in [0.25, 0.3) is 0 Å². The van der Waals surface area contributed by atoms with Crippen LogP contribution in [0.15, 0.2) is 0 Å². The molecule has 1 unspecified atom stereocenters. The van der Waals surface area contributed by atoms with Gasteiger partial charge in [-0.2, -0.15) is 4.31 Å². The van der Waals surface area contributed by atoms with E-state index in [-0.39, 0.29) is 12.6 Å². The largest absolute Gasteiger partial charge is 0.278 e. The molecule has 0 N–H and O–H groups in total. The van der Waals surface area contributed by atoms with Crippen LogP contribution >= 0.6 is 11.4 Å². The van der Waals surface area contributed by atoms with Gasteiger partial charge in [-0.25, -0.2) is 0 Å². The molecule has 0 saturated carbocycles. The van der Waals surface area contributed by atoms with Crippen LogP contribution in [0.4, 0.5) is 11.7 Å². The van der Waals surface area contributed by atoms with Crippen molar-refractivity contribution in [3.63, 3.8) is 0 Å². The zero-order valence-corrected chi connectivity index (χ0v) is 6.50. The van der Waals surface area contributed by atoms with Crippen molar-refractivity contribution in [2.45, 2.75) is 25.8 Å². The smallest absolute Gasteiger partial charge is 0.190 e. The maximum absolute atomic E-state index is 12.0. The number of nitrogens with zero attached hydrogens (tertiary/aromatic N) is 1. The second-order valence-electron chi connectivity index (χ2n) is 2.51. The predicted octanol–water partition coefficient (Wildman–Crippen LogP) is 2.84. The Morgan fingerprint density at radius 3 is 2.20 bits per heavy atom. The Bertz CT molecular complexity index is 125. The lowest BCUT2D eigenvalue weighted by Crippen LogP contribution is -2.23. The van der Waals surface area contributed by atoms with Crippen molar-refractivity contribution in [3.05, 3.63) is 0 Å². The number of halogens is 3. The maximum atomic E-state index is 12.0. The summed E-state index contributed by atoms with van der Waals surface area (Å²) in [5.74, 6) is 0. The monoisotopic (exact) mass is 173 g/mol. The van der Waals surface area contributed by atoms with Crippen LogP contribution in [0.3, 0.4) is 0 Å². The van der Waals surface area contributed by atoms with Crippen LogP contribution in [-0.4, -0.2) is 16.9 Å². The highest BCUT2D eigenvalue weighted by Crippen LogP contribution is 2.59. The molecule has 1 nitrogen and oxygen atoms in total. The van der Waals surface area contributed by atoms with E-state index in [0.29, 0.717) is 17.1 Å². The van der Waals surface area contributed by atoms with Gasteiger partial charge >= 0.3 is 0 Å². The van der Waals surface area contributed by atoms with Crippen LogP contribution in [0.5, 0.6) is 0 Å². The lowest BCUT2D eigenvalue weighted by atomic mass is 10.3. The summed E-state index contributed by atoms with van der Waals surface area (Å²) in [4.78, 5) is 0. The molecule has 1 fully saturated rings. The third-order valence-corrected chi connectivity index (χ3v) is 2.83. The Hall–Kier alpha value is 0.100. The van der Waals surface area contributed by atoms with E-state index in [1.54, 1.807) is 6.92 Å². The van der Waals surface area contributed by atoms with Gasteiger partial charge in [-0.05, 0) is 19.8 Å². The van der Waals surface area contributed by atoms with E-state index in [9.17, 15) is 11.7 Å². The molecular formula is C5H10F3NS. The summed E-state index contributed by atoms with van der Waals surface area (Å²) in [6.07, 6.45) is 1.38. The highest BCUT2D eigenvalue weighted by Gasteiger charge is 2.37. The van der Waals surface area contributed by atoms with E-state index < -0.39 is 11.4 Å². The van der Waals surface area contributed by atoms with Crippen LogP contribution in [0, 0.1) is 0 Å². The maximum Gasteiger partial charge on any atom is 0.278 e. The minimum absolute atomic E-state index is 0.208. The van der Waals surface area contributed by atoms with E-state index in [1.165, 1.54) is 0 Å². The topological polar surface area (TPSA) is 3.24 Å². The molecule has 1 saturated heterocycles. The summed E-state index contributed by atoms with van der Waals surface area (Å²) in [6, 6.07) is -0.282. The van der Waals surface area contributed by atoms with Gasteiger partial charge in [0, 0.05) is 12.6 Å². The molecule has 0 aromatic heterocycles. The lowest BCUT2D eigenvalue weighted by molar-refractivity contribution is 0.381. The number of hydrogen-bond donors (Lipinski definition) is 0. The fourth-order valence-electron chi connectivity index (χ4n) is 1.21. The van der Waals surface area contributed by atoms with Gasteiger partial charge in [-0.15, -0.1) is 11.7 Å². The van der Waals surface area contributed by atoms with E-state index in [1.807, 2.05) is 0 Å². The summed E-state index contributed by atoms with van der Waals surface area (Å²) in [7, 11) is 0. The Balaban J connectivity index is 2.55. The van der Waals surface area contributed by atoms with Crippen molar-refractivity contribution in [2.75, 3.05) is 6.54 Å². The molecule has 0 spiro atoms. The summed E-state index contributed by atoms with van der Waals surface area (Å²) >= 11 is -4.92. The zero-order valence-electron chi connectivity index (χ0n) is 5.69. The van der Waals surface area contributed by atoms with Crippen molar-refractivity contribution in [3.8, 4) is 0 Å². The van der Waals surface area contributed by atoms with Crippen LogP contribution < -0.4 is 0 Å². The Morgan fingerprint density at radius 2 is 2.00 bits per heavy atom. The minimum Gasteiger partial charge on any atom is -0.190 e. The molecule has 0 radical (unpaired) electrons. The van der Waals surface area contributed by atoms with E-state index >= 15 is 0 Å². The van der Waals surface area contributed by atoms with Crippen LogP contribution in [0.2, 0.25) is 0 Å². The van der Waals surface area contributed by atoms with Crippen molar-refractivity contribution in [2.24, 2.45) is 0 Å². The number of rotatable bonds is 1. The second kappa shape index (κ2) is 2.62. The van der Waals surface area contributed by atoms with Gasteiger partial charge < -0.3 is 0 Å². The third-order valence-electron chi connectivity index (χ3n) is 1.76. The summed E-state index contributed by atoms with van der Waals surface area (Å²) in [6.45, 7) is 1.84. The van der Waals surface area contributed by atoms with E-state index in [4.69, 9.17) is 0 Å². The van der Waals surface area contributed by atoms with Crippen molar-refractivity contribution < 1.29 is 11.7 Å². The SMILES string of the molecule is CC1CCCN1S(F)(F)F. The standard InChI is InChI=1S/C5H10F3NS/c1-5-3-2-4-9(5)10(6,7)8/h5H,2-4H2,1H3. The summed E-state index contributed by atoms with van der Waals surface area (Å²) in [5, 5.41) is 0. The van der Waals surface area contributed by atoms with E-state index in [0.717, 1.165) is 0 Å². The first kappa shape index (κ1) is 8.20. The van der Waals surface area contributed by atoms with Gasteiger partial charge in [0.1, 0.15) is 0 Å². The first-order chi connectivity index (χ1) is 4.52. The molecule has 62 valence electrons.